The minimum atomic E-state index is -4.59. The Morgan fingerprint density at radius 2 is 1.37 bits per heavy atom. The fourth-order valence-electron chi connectivity index (χ4n) is 2.58. The van der Waals surface area contributed by atoms with Gasteiger partial charge in [0.05, 0.1) is 17.1 Å². The van der Waals surface area contributed by atoms with Gasteiger partial charge in [-0.1, -0.05) is 0 Å². The highest BCUT2D eigenvalue weighted by Crippen LogP contribution is 2.34. The fourth-order valence-corrected chi connectivity index (χ4v) is 3.21. The van der Waals surface area contributed by atoms with Gasteiger partial charge in [0.25, 0.3) is 10.1 Å². The number of aryl methyl sites for hydroxylation is 2. The normalized spacial score (nSPS) is 12.1. The minimum Gasteiger partial charge on any atom is -0.508 e. The van der Waals surface area contributed by atoms with Gasteiger partial charge in [0, 0.05) is 5.69 Å². The molecule has 0 aliphatic rings. The second-order valence-electron chi connectivity index (χ2n) is 6.54. The van der Waals surface area contributed by atoms with Crippen LogP contribution in [0, 0.1) is 13.8 Å². The van der Waals surface area contributed by atoms with Gasteiger partial charge in [-0.05, 0) is 79.6 Å². The molecule has 154 valence electrons. The van der Waals surface area contributed by atoms with E-state index in [1.165, 1.54) is 24.3 Å². The van der Waals surface area contributed by atoms with Gasteiger partial charge in [0.2, 0.25) is 0 Å². The smallest absolute Gasteiger partial charge is 0.296 e. The summed E-state index contributed by atoms with van der Waals surface area (Å²) in [5.41, 5.74) is 8.81. The third-order valence-corrected chi connectivity index (χ3v) is 5.05. The van der Waals surface area contributed by atoms with Gasteiger partial charge in [-0.15, -0.1) is 5.11 Å². The Labute approximate surface area is 173 Å². The number of rotatable bonds is 5. The van der Waals surface area contributed by atoms with Crippen molar-refractivity contribution in [2.75, 3.05) is 5.73 Å². The van der Waals surface area contributed by atoms with Crippen molar-refractivity contribution in [1.29, 1.82) is 0 Å². The van der Waals surface area contributed by atoms with Crippen LogP contribution in [0.4, 0.5) is 28.4 Å². The first-order chi connectivity index (χ1) is 14.1. The van der Waals surface area contributed by atoms with Gasteiger partial charge >= 0.3 is 0 Å². The quantitative estimate of drug-likeness (QED) is 0.273. The van der Waals surface area contributed by atoms with E-state index in [1.807, 2.05) is 0 Å². The molecule has 0 saturated carbocycles. The van der Waals surface area contributed by atoms with Crippen LogP contribution in [0.2, 0.25) is 0 Å². The van der Waals surface area contributed by atoms with Crippen LogP contribution in [0.5, 0.6) is 5.75 Å². The van der Waals surface area contributed by atoms with Crippen molar-refractivity contribution < 1.29 is 18.1 Å². The molecular weight excluding hydrogens is 406 g/mol. The Hall–Kier alpha value is -3.63. The number of nitrogens with zero attached hydrogens (tertiary/aromatic N) is 4. The lowest BCUT2D eigenvalue weighted by molar-refractivity contribution is 0.475. The third-order valence-electron chi connectivity index (χ3n) is 4.16. The average Bonchev–Trinajstić information content (AvgIpc) is 2.67. The molecule has 0 heterocycles. The van der Waals surface area contributed by atoms with Gasteiger partial charge < -0.3 is 10.8 Å². The Kier molecular flexibility index (Phi) is 5.90. The summed E-state index contributed by atoms with van der Waals surface area (Å²) in [6.07, 6.45) is 0. The number of benzene rings is 3. The molecule has 30 heavy (non-hydrogen) atoms. The molecule has 0 spiro atoms. The predicted molar refractivity (Wildman–Crippen MR) is 113 cm³/mol. The van der Waals surface area contributed by atoms with Crippen molar-refractivity contribution in [3.8, 4) is 5.75 Å². The summed E-state index contributed by atoms with van der Waals surface area (Å²) in [5, 5.41) is 25.5. The molecular formula is C20H19N5O4S. The van der Waals surface area contributed by atoms with Crippen LogP contribution in [0.1, 0.15) is 11.1 Å². The molecule has 3 rings (SSSR count). The summed E-state index contributed by atoms with van der Waals surface area (Å²) in [6, 6.07) is 13.7. The van der Waals surface area contributed by atoms with Crippen molar-refractivity contribution in [3.05, 3.63) is 65.7 Å². The second kappa shape index (κ2) is 8.39. The first-order valence-electron chi connectivity index (χ1n) is 8.74. The average molecular weight is 425 g/mol. The number of nitrogen functional groups attached to an aromatic ring is 1. The summed E-state index contributed by atoms with van der Waals surface area (Å²) in [6.45, 7) is 3.50. The number of anilines is 1. The highest BCUT2D eigenvalue weighted by molar-refractivity contribution is 7.86. The number of azo groups is 2. The van der Waals surface area contributed by atoms with Crippen LogP contribution in [-0.2, 0) is 10.1 Å². The van der Waals surface area contributed by atoms with Gasteiger partial charge in [-0.3, -0.25) is 4.55 Å². The molecule has 0 aliphatic heterocycles. The molecule has 0 aliphatic carbocycles. The zero-order chi connectivity index (χ0) is 21.9. The lowest BCUT2D eigenvalue weighted by atomic mass is 10.2. The van der Waals surface area contributed by atoms with Crippen LogP contribution >= 0.6 is 0 Å². The molecule has 0 radical (unpaired) electrons. The number of nitrogens with two attached hydrogens (primary N) is 1. The zero-order valence-corrected chi connectivity index (χ0v) is 17.0. The van der Waals surface area contributed by atoms with E-state index in [2.05, 4.69) is 20.5 Å². The largest absolute Gasteiger partial charge is 0.508 e. The van der Waals surface area contributed by atoms with E-state index in [1.54, 1.807) is 44.2 Å². The Bertz CT molecular complexity index is 1250. The minimum absolute atomic E-state index is 0.0326. The maximum Gasteiger partial charge on any atom is 0.296 e. The maximum absolute atomic E-state index is 11.9. The monoisotopic (exact) mass is 425 g/mol. The van der Waals surface area contributed by atoms with E-state index >= 15 is 0 Å². The van der Waals surface area contributed by atoms with E-state index in [-0.39, 0.29) is 17.1 Å². The van der Waals surface area contributed by atoms with Crippen molar-refractivity contribution >= 4 is 38.6 Å². The summed E-state index contributed by atoms with van der Waals surface area (Å²) in [4.78, 5) is -0.440. The summed E-state index contributed by atoms with van der Waals surface area (Å²) < 4.78 is 33.4. The molecule has 3 aromatic carbocycles. The molecule has 0 saturated heterocycles. The van der Waals surface area contributed by atoms with Crippen molar-refractivity contribution in [2.24, 2.45) is 20.5 Å². The topological polar surface area (TPSA) is 150 Å². The van der Waals surface area contributed by atoms with E-state index in [9.17, 15) is 18.1 Å². The number of aromatic hydroxyl groups is 1. The lowest BCUT2D eigenvalue weighted by Gasteiger charge is -2.07. The number of phenolic OH excluding ortho intramolecular Hbond substituents is 1. The molecule has 4 N–H and O–H groups in total. The number of hydrogen-bond acceptors (Lipinski definition) is 8. The lowest BCUT2D eigenvalue weighted by Crippen LogP contribution is -1.98. The van der Waals surface area contributed by atoms with Crippen molar-refractivity contribution in [2.45, 2.75) is 18.7 Å². The summed E-state index contributed by atoms with van der Waals surface area (Å²) >= 11 is 0. The predicted octanol–water partition coefficient (Wildman–Crippen LogP) is 5.67. The SMILES string of the molecule is Cc1cc(N=Nc2ccc(N)cc2C)c(S(=O)(=O)O)cc1N=Nc1ccc(O)cc1. The fraction of sp³-hybridized carbons (Fsp3) is 0.100. The van der Waals surface area contributed by atoms with Crippen molar-refractivity contribution in [1.82, 2.24) is 0 Å². The van der Waals surface area contributed by atoms with Crippen LogP contribution in [-0.4, -0.2) is 18.1 Å². The number of phenols is 1. The standard InChI is InChI=1S/C20H19N5O4S/c1-12-9-14(21)3-8-17(12)23-25-19-10-13(2)18(11-20(19)30(27,28)29)24-22-15-4-6-16(26)7-5-15/h3-11,26H,21H2,1-2H3,(H,27,28,29). The molecule has 0 unspecified atom stereocenters. The molecule has 3 aromatic rings. The van der Waals surface area contributed by atoms with Crippen LogP contribution in [0.3, 0.4) is 0 Å². The van der Waals surface area contributed by atoms with Gasteiger partial charge in [0.1, 0.15) is 16.3 Å². The van der Waals surface area contributed by atoms with Gasteiger partial charge in [0.15, 0.2) is 0 Å². The van der Waals surface area contributed by atoms with Crippen LogP contribution < -0.4 is 5.73 Å². The molecule has 10 heteroatoms. The summed E-state index contributed by atoms with van der Waals surface area (Å²) in [7, 11) is -4.59. The Balaban J connectivity index is 2.01. The van der Waals surface area contributed by atoms with Gasteiger partial charge in [-0.25, -0.2) is 0 Å². The van der Waals surface area contributed by atoms with Crippen LogP contribution in [0.15, 0.2) is 79.9 Å². The van der Waals surface area contributed by atoms with E-state index in [0.717, 1.165) is 5.56 Å². The van der Waals surface area contributed by atoms with E-state index in [4.69, 9.17) is 5.73 Å². The first kappa shape index (κ1) is 21.1. The molecule has 0 bridgehead atoms. The Morgan fingerprint density at radius 3 is 2.00 bits per heavy atom. The number of hydrogen-bond donors (Lipinski definition) is 3. The van der Waals surface area contributed by atoms with Crippen LogP contribution in [0.25, 0.3) is 0 Å². The Morgan fingerprint density at radius 1 is 0.767 bits per heavy atom. The molecule has 0 atom stereocenters. The second-order valence-corrected chi connectivity index (χ2v) is 7.93. The summed E-state index contributed by atoms with van der Waals surface area (Å²) in [5.74, 6) is 0.0878. The third kappa shape index (κ3) is 5.04. The molecule has 0 fully saturated rings. The molecule has 0 amide bonds. The maximum atomic E-state index is 11.9. The zero-order valence-electron chi connectivity index (χ0n) is 16.2. The highest BCUT2D eigenvalue weighted by atomic mass is 32.2. The van der Waals surface area contributed by atoms with E-state index in [0.29, 0.717) is 22.6 Å². The molecule has 9 nitrogen and oxygen atoms in total. The van der Waals surface area contributed by atoms with E-state index < -0.39 is 15.0 Å². The van der Waals surface area contributed by atoms with Gasteiger partial charge in [-0.2, -0.15) is 23.8 Å². The first-order valence-corrected chi connectivity index (χ1v) is 10.2. The highest BCUT2D eigenvalue weighted by Gasteiger charge is 2.18. The van der Waals surface area contributed by atoms with Crippen molar-refractivity contribution in [3.63, 3.8) is 0 Å². The molecule has 0 aromatic heterocycles.